The van der Waals surface area contributed by atoms with Crippen LogP contribution in [-0.4, -0.2) is 38.5 Å². The minimum Gasteiger partial charge on any atom is -0.493 e. The maximum absolute atomic E-state index is 12.3. The van der Waals surface area contributed by atoms with Gasteiger partial charge in [0.05, 0.1) is 20.8 Å². The Hall–Kier alpha value is -4.33. The second-order valence-electron chi connectivity index (χ2n) is 6.70. The molecule has 0 saturated heterocycles. The smallest absolute Gasteiger partial charge is 0.255 e. The van der Waals surface area contributed by atoms with Crippen LogP contribution in [0.25, 0.3) is 0 Å². The Morgan fingerprint density at radius 3 is 2.06 bits per heavy atom. The third-order valence-electron chi connectivity index (χ3n) is 4.50. The monoisotopic (exact) mass is 433 g/mol. The van der Waals surface area contributed by atoms with Crippen molar-refractivity contribution < 1.29 is 23.9 Å². The zero-order valence-corrected chi connectivity index (χ0v) is 17.7. The summed E-state index contributed by atoms with van der Waals surface area (Å²) in [6, 6.07) is 20.3. The fourth-order valence-electron chi connectivity index (χ4n) is 2.91. The van der Waals surface area contributed by atoms with E-state index in [1.54, 1.807) is 60.7 Å². The first-order valence-corrected chi connectivity index (χ1v) is 9.76. The van der Waals surface area contributed by atoms with E-state index in [4.69, 9.17) is 9.47 Å². The first kappa shape index (κ1) is 22.4. The zero-order valence-electron chi connectivity index (χ0n) is 17.7. The molecule has 3 amide bonds. The summed E-state index contributed by atoms with van der Waals surface area (Å²) >= 11 is 0. The Kier molecular flexibility index (Phi) is 7.42. The summed E-state index contributed by atoms with van der Waals surface area (Å²) in [7, 11) is 2.98. The lowest BCUT2D eigenvalue weighted by atomic mass is 10.2. The fraction of sp³-hybridized carbons (Fsp3) is 0.125. The van der Waals surface area contributed by atoms with Crippen LogP contribution in [0.3, 0.4) is 0 Å². The van der Waals surface area contributed by atoms with Crippen LogP contribution in [0.5, 0.6) is 11.5 Å². The molecule has 8 nitrogen and oxygen atoms in total. The molecule has 0 aliphatic heterocycles. The summed E-state index contributed by atoms with van der Waals surface area (Å²) in [5.74, 6) is -0.174. The van der Waals surface area contributed by atoms with Crippen molar-refractivity contribution in [3.8, 4) is 11.5 Å². The Morgan fingerprint density at radius 1 is 0.688 bits per heavy atom. The van der Waals surface area contributed by atoms with Crippen LogP contribution in [0.15, 0.2) is 72.8 Å². The number of amides is 3. The number of rotatable bonds is 8. The second-order valence-corrected chi connectivity index (χ2v) is 6.70. The van der Waals surface area contributed by atoms with Gasteiger partial charge in [-0.1, -0.05) is 24.3 Å². The number of hydrogen-bond acceptors (Lipinski definition) is 5. The van der Waals surface area contributed by atoms with E-state index in [0.717, 1.165) is 0 Å². The van der Waals surface area contributed by atoms with Crippen molar-refractivity contribution in [2.24, 2.45) is 0 Å². The molecule has 164 valence electrons. The van der Waals surface area contributed by atoms with Crippen LogP contribution in [0.1, 0.15) is 20.7 Å². The quantitative estimate of drug-likeness (QED) is 0.505. The standard InChI is InChI=1S/C24H23N3O5/c1-31-20-12-11-17(13-21(20)32-2)23(29)25-15-22(28)26-18-9-6-10-19(14-18)27-24(30)16-7-4-3-5-8-16/h3-14H,15H2,1-2H3,(H,25,29)(H,26,28)(H,27,30). The lowest BCUT2D eigenvalue weighted by Crippen LogP contribution is -2.32. The van der Waals surface area contributed by atoms with Crippen LogP contribution in [0, 0.1) is 0 Å². The molecule has 3 N–H and O–H groups in total. The first-order valence-electron chi connectivity index (χ1n) is 9.76. The van der Waals surface area contributed by atoms with E-state index >= 15 is 0 Å². The molecule has 8 heteroatoms. The van der Waals surface area contributed by atoms with Crippen LogP contribution >= 0.6 is 0 Å². The second kappa shape index (κ2) is 10.6. The van der Waals surface area contributed by atoms with Crippen molar-refractivity contribution in [2.75, 3.05) is 31.4 Å². The summed E-state index contributed by atoms with van der Waals surface area (Å²) in [4.78, 5) is 36.9. The molecule has 0 saturated carbocycles. The number of anilines is 2. The maximum atomic E-state index is 12.3. The fourth-order valence-corrected chi connectivity index (χ4v) is 2.91. The molecule has 0 aliphatic carbocycles. The maximum Gasteiger partial charge on any atom is 0.255 e. The molecule has 0 aliphatic rings. The lowest BCUT2D eigenvalue weighted by Gasteiger charge is -2.11. The highest BCUT2D eigenvalue weighted by atomic mass is 16.5. The molecule has 3 aromatic carbocycles. The highest BCUT2D eigenvalue weighted by molar-refractivity contribution is 6.05. The Labute approximate surface area is 185 Å². The zero-order chi connectivity index (χ0) is 22.9. The number of nitrogens with one attached hydrogen (secondary N) is 3. The van der Waals surface area contributed by atoms with Crippen molar-refractivity contribution >= 4 is 29.1 Å². The number of carbonyl (C=O) groups is 3. The largest absolute Gasteiger partial charge is 0.493 e. The summed E-state index contributed by atoms with van der Waals surface area (Å²) in [5, 5.41) is 8.03. The van der Waals surface area contributed by atoms with E-state index < -0.39 is 11.8 Å². The van der Waals surface area contributed by atoms with Gasteiger partial charge in [-0.05, 0) is 48.5 Å². The van der Waals surface area contributed by atoms with Gasteiger partial charge < -0.3 is 25.4 Å². The summed E-state index contributed by atoms with van der Waals surface area (Å²) in [6.07, 6.45) is 0. The average Bonchev–Trinajstić information content (AvgIpc) is 2.82. The molecule has 3 aromatic rings. The predicted octanol–water partition coefficient (Wildman–Crippen LogP) is 3.32. The molecular weight excluding hydrogens is 410 g/mol. The Bertz CT molecular complexity index is 1120. The molecule has 0 radical (unpaired) electrons. The average molecular weight is 433 g/mol. The van der Waals surface area contributed by atoms with E-state index in [9.17, 15) is 14.4 Å². The summed E-state index contributed by atoms with van der Waals surface area (Å²) in [5.41, 5.74) is 1.88. The number of carbonyl (C=O) groups excluding carboxylic acids is 3. The van der Waals surface area contributed by atoms with E-state index in [1.807, 2.05) is 6.07 Å². The third kappa shape index (κ3) is 5.85. The van der Waals surface area contributed by atoms with E-state index in [-0.39, 0.29) is 12.5 Å². The van der Waals surface area contributed by atoms with Gasteiger partial charge >= 0.3 is 0 Å². The SMILES string of the molecule is COc1ccc(C(=O)NCC(=O)Nc2cccc(NC(=O)c3ccccc3)c2)cc1OC. The van der Waals surface area contributed by atoms with E-state index in [1.165, 1.54) is 20.3 Å². The molecule has 0 fully saturated rings. The molecule has 0 bridgehead atoms. The van der Waals surface area contributed by atoms with E-state index in [0.29, 0.717) is 34.0 Å². The van der Waals surface area contributed by atoms with Crippen LogP contribution in [0.2, 0.25) is 0 Å². The molecular formula is C24H23N3O5. The van der Waals surface area contributed by atoms with Crippen molar-refractivity contribution in [1.82, 2.24) is 5.32 Å². The number of benzene rings is 3. The Balaban J connectivity index is 1.55. The van der Waals surface area contributed by atoms with Gasteiger partial charge in [-0.15, -0.1) is 0 Å². The van der Waals surface area contributed by atoms with Crippen LogP contribution in [-0.2, 0) is 4.79 Å². The van der Waals surface area contributed by atoms with Gasteiger partial charge in [0.25, 0.3) is 11.8 Å². The predicted molar refractivity (Wildman–Crippen MR) is 121 cm³/mol. The van der Waals surface area contributed by atoms with Crippen molar-refractivity contribution in [2.45, 2.75) is 0 Å². The summed E-state index contributed by atoms with van der Waals surface area (Å²) in [6.45, 7) is -0.228. The van der Waals surface area contributed by atoms with Gasteiger partial charge in [-0.2, -0.15) is 0 Å². The van der Waals surface area contributed by atoms with Gasteiger partial charge in [0.15, 0.2) is 11.5 Å². The van der Waals surface area contributed by atoms with Crippen molar-refractivity contribution in [3.63, 3.8) is 0 Å². The number of ether oxygens (including phenoxy) is 2. The molecule has 0 aromatic heterocycles. The molecule has 0 heterocycles. The summed E-state index contributed by atoms with van der Waals surface area (Å²) < 4.78 is 10.3. The minimum absolute atomic E-state index is 0.228. The number of methoxy groups -OCH3 is 2. The number of hydrogen-bond donors (Lipinski definition) is 3. The van der Waals surface area contributed by atoms with Crippen molar-refractivity contribution in [3.05, 3.63) is 83.9 Å². The lowest BCUT2D eigenvalue weighted by molar-refractivity contribution is -0.115. The van der Waals surface area contributed by atoms with Gasteiger partial charge in [-0.25, -0.2) is 0 Å². The van der Waals surface area contributed by atoms with Crippen LogP contribution in [0.4, 0.5) is 11.4 Å². The minimum atomic E-state index is -0.426. The molecule has 0 spiro atoms. The highest BCUT2D eigenvalue weighted by Crippen LogP contribution is 2.27. The topological polar surface area (TPSA) is 106 Å². The molecule has 0 unspecified atom stereocenters. The van der Waals surface area contributed by atoms with Gasteiger partial charge in [0.2, 0.25) is 5.91 Å². The van der Waals surface area contributed by atoms with Gasteiger partial charge in [0, 0.05) is 22.5 Å². The van der Waals surface area contributed by atoms with Crippen molar-refractivity contribution in [1.29, 1.82) is 0 Å². The molecule has 0 atom stereocenters. The Morgan fingerprint density at radius 2 is 1.38 bits per heavy atom. The van der Waals surface area contributed by atoms with E-state index in [2.05, 4.69) is 16.0 Å². The molecule has 3 rings (SSSR count). The van der Waals surface area contributed by atoms with Gasteiger partial charge in [-0.3, -0.25) is 14.4 Å². The third-order valence-corrected chi connectivity index (χ3v) is 4.50. The highest BCUT2D eigenvalue weighted by Gasteiger charge is 2.12. The normalized spacial score (nSPS) is 10.1. The molecule has 32 heavy (non-hydrogen) atoms. The first-order chi connectivity index (χ1) is 15.5. The van der Waals surface area contributed by atoms with Crippen LogP contribution < -0.4 is 25.4 Å². The van der Waals surface area contributed by atoms with Gasteiger partial charge in [0.1, 0.15) is 0 Å².